The molecule has 5 aromatic carbocycles. The van der Waals surface area contributed by atoms with Crippen molar-refractivity contribution in [2.24, 2.45) is 0 Å². The maximum absolute atomic E-state index is 13.0. The Morgan fingerprint density at radius 1 is 0.376 bits per heavy atom. The van der Waals surface area contributed by atoms with E-state index in [1.165, 1.54) is 215 Å². The zero-order valence-corrected chi connectivity index (χ0v) is 66.2. The molecule has 3 N–H and O–H groups in total. The molecule has 0 fully saturated rings. The fourth-order valence-electron chi connectivity index (χ4n) is 12.3. The van der Waals surface area contributed by atoms with Crippen molar-refractivity contribution in [3.05, 3.63) is 137 Å². The van der Waals surface area contributed by atoms with Gasteiger partial charge >= 0.3 is 142 Å². The predicted octanol–water partition coefficient (Wildman–Crippen LogP) is 24.9. The summed E-state index contributed by atoms with van der Waals surface area (Å²) >= 11 is 1.23. The molecule has 0 saturated carbocycles. The third kappa shape index (κ3) is 41.4. The minimum Gasteiger partial charge on any atom is -0.188 e. The van der Waals surface area contributed by atoms with Gasteiger partial charge in [-0.1, -0.05) is 273 Å². The van der Waals surface area contributed by atoms with E-state index < -0.39 is 48.9 Å². The maximum atomic E-state index is 13.0. The SMILES string of the molecule is CCCCCCCCCCCCS(=O)(=O)Nc1ccccc1Br.CCCCCCCCCCCCc1ccccc1-c1ccc(-c2ccccc2NS(=O)(=O)CCCCCCCCCCCC)cc1.CCC[CH2][Sn]([CH2]CCC)([CH2]CCC)[c]1ccc(C)cc1.N=S(=O)=O. The summed E-state index contributed by atoms with van der Waals surface area (Å²) in [5.41, 5.74) is 8.54. The van der Waals surface area contributed by atoms with Gasteiger partial charge in [0.05, 0.1) is 22.9 Å². The van der Waals surface area contributed by atoms with Crippen LogP contribution >= 0.6 is 15.9 Å². The Kier molecular flexibility index (Phi) is 50.2. The predicted molar refractivity (Wildman–Crippen MR) is 413 cm³/mol. The van der Waals surface area contributed by atoms with E-state index >= 15 is 0 Å². The zero-order chi connectivity index (χ0) is 68.1. The molecule has 0 aliphatic carbocycles. The average Bonchev–Trinajstić information content (AvgIpc) is 1.17. The Hall–Kier alpha value is -3.50. The van der Waals surface area contributed by atoms with Crippen LogP contribution in [0.4, 0.5) is 11.4 Å². The van der Waals surface area contributed by atoms with Crippen LogP contribution in [-0.2, 0) is 37.0 Å². The van der Waals surface area contributed by atoms with E-state index in [1.54, 1.807) is 23.0 Å². The van der Waals surface area contributed by atoms with Gasteiger partial charge < -0.3 is 0 Å². The van der Waals surface area contributed by atoms with Crippen molar-refractivity contribution in [1.82, 2.24) is 0 Å². The van der Waals surface area contributed by atoms with Gasteiger partial charge in [0, 0.05) is 10.0 Å². The molecule has 0 aliphatic heterocycles. The Balaban J connectivity index is 0.000000519. The molecule has 0 bridgehead atoms. The molecule has 0 saturated heterocycles. The Labute approximate surface area is 584 Å². The van der Waals surface area contributed by atoms with Crippen LogP contribution in [0.15, 0.2) is 126 Å². The minimum absolute atomic E-state index is 0.173. The van der Waals surface area contributed by atoms with Crippen molar-refractivity contribution >= 4 is 79.8 Å². The fraction of sp³-hybridized carbons (Fsp3) is 0.620. The first-order valence-electron chi connectivity index (χ1n) is 36.9. The molecule has 0 unspecified atom stereocenters. The Morgan fingerprint density at radius 2 is 0.688 bits per heavy atom. The third-order valence-corrected chi connectivity index (χ3v) is 37.0. The molecule has 5 rings (SSSR count). The molecule has 0 amide bonds. The van der Waals surface area contributed by atoms with Crippen LogP contribution in [0, 0.1) is 11.7 Å². The number of benzene rings is 5. The van der Waals surface area contributed by atoms with Gasteiger partial charge in [0.1, 0.15) is 0 Å². The van der Waals surface area contributed by atoms with Gasteiger partial charge in [-0.05, 0) is 82.1 Å². The number of anilines is 2. The number of hydrogen-bond donors (Lipinski definition) is 3. The monoisotopic (exact) mass is 1510 g/mol. The molecule has 0 aromatic heterocycles. The first-order chi connectivity index (χ1) is 45.0. The van der Waals surface area contributed by atoms with E-state index in [-0.39, 0.29) is 11.5 Å². The Morgan fingerprint density at radius 3 is 1.09 bits per heavy atom. The van der Waals surface area contributed by atoms with Crippen LogP contribution in [0.2, 0.25) is 13.3 Å². The van der Waals surface area contributed by atoms with Crippen molar-refractivity contribution in [2.45, 2.75) is 299 Å². The van der Waals surface area contributed by atoms with Crippen LogP contribution in [-0.4, -0.2) is 55.1 Å². The van der Waals surface area contributed by atoms with Gasteiger partial charge in [-0.3, -0.25) is 9.44 Å². The van der Waals surface area contributed by atoms with E-state index in [4.69, 9.17) is 13.2 Å². The van der Waals surface area contributed by atoms with Crippen LogP contribution in [0.1, 0.15) is 284 Å². The molecule has 93 heavy (non-hydrogen) atoms. The number of aryl methyl sites for hydroxylation is 2. The average molecular weight is 1510 g/mol. The molecule has 0 aliphatic rings. The van der Waals surface area contributed by atoms with Gasteiger partial charge in [0.15, 0.2) is 0 Å². The zero-order valence-electron chi connectivity index (χ0n) is 59.3. The molecule has 524 valence electrons. The molecule has 5 aromatic rings. The van der Waals surface area contributed by atoms with Crippen molar-refractivity contribution in [1.29, 1.82) is 4.78 Å². The van der Waals surface area contributed by atoms with Gasteiger partial charge in [-0.15, -0.1) is 0 Å². The first kappa shape index (κ1) is 85.6. The molecule has 14 heteroatoms. The van der Waals surface area contributed by atoms with Crippen molar-refractivity contribution < 1.29 is 25.3 Å². The molecule has 9 nitrogen and oxygen atoms in total. The molecular weight excluding hydrogens is 1380 g/mol. The summed E-state index contributed by atoms with van der Waals surface area (Å²) in [4.78, 5) is 0. The number of rotatable bonds is 49. The third-order valence-electron chi connectivity index (χ3n) is 17.9. The number of sulfonamides is 2. The summed E-state index contributed by atoms with van der Waals surface area (Å²) in [6, 6.07) is 42.1. The summed E-state index contributed by atoms with van der Waals surface area (Å²) in [7, 11) is -9.26. The second kappa shape index (κ2) is 54.5. The number of halogens is 1. The van der Waals surface area contributed by atoms with Crippen molar-refractivity contribution in [3.8, 4) is 22.3 Å². The van der Waals surface area contributed by atoms with Crippen molar-refractivity contribution in [2.75, 3.05) is 20.9 Å². The number of nitrogens with one attached hydrogen (secondary N) is 3. The molecular formula is C79H128BrN3O6S3Sn. The second-order valence-electron chi connectivity index (χ2n) is 26.1. The minimum atomic E-state index is -3.40. The smallest absolute Gasteiger partial charge is 0.188 e. The van der Waals surface area contributed by atoms with E-state index in [9.17, 15) is 16.8 Å². The standard InChI is InChI=1S/C42H63NO2S.C18H30BrNO2S.C7H7.3C4H9.HNO2S.Sn/c1-3-5-7-9-11-13-15-17-19-21-27-37-28-22-23-29-40(37)38-32-34-39(35-33-38)41-30-24-25-31-42(41)43-46(44,45)36-26-20-18-16-14-12-10-8-6-4-2;1-2-3-4-5-6-7-8-9-10-13-16-23(21,22)20-18-15-12-11-14-17(18)19;1-7-5-3-2-4-6-7;3*1-3-4-2;1-4(2)3;/h22-25,28-35,43H,3-21,26-27,36H2,1-2H3;11-12,14-15,20H,2-10,13,16H2,1H3;3-6H,1H3;3*1,3-4H2,2H3;1H;. The Bertz CT molecular complexity index is 2970. The summed E-state index contributed by atoms with van der Waals surface area (Å²) in [5.74, 6) is 0.372. The molecule has 0 spiro atoms. The van der Waals surface area contributed by atoms with Crippen LogP contribution < -0.4 is 13.0 Å². The number of para-hydroxylation sites is 2. The van der Waals surface area contributed by atoms with Crippen LogP contribution in [0.25, 0.3) is 22.3 Å². The van der Waals surface area contributed by atoms with E-state index in [0.29, 0.717) is 17.8 Å². The largest absolute Gasteiger partial charge is 0.308 e. The van der Waals surface area contributed by atoms with E-state index in [2.05, 4.69) is 147 Å². The number of hydrogen-bond acceptors (Lipinski definition) is 7. The maximum Gasteiger partial charge on any atom is 0.308 e. The fourth-order valence-corrected chi connectivity index (χ4v) is 31.1. The quantitative estimate of drug-likeness (QED) is 0.0261. The summed E-state index contributed by atoms with van der Waals surface area (Å²) in [6.07, 6.45) is 47.0. The van der Waals surface area contributed by atoms with Gasteiger partial charge in [0.2, 0.25) is 20.0 Å². The summed E-state index contributed by atoms with van der Waals surface area (Å²) < 4.78 is 85.8. The second-order valence-corrected chi connectivity index (χ2v) is 44.3. The molecule has 0 heterocycles. The van der Waals surface area contributed by atoms with E-state index in [0.717, 1.165) is 54.1 Å². The van der Waals surface area contributed by atoms with E-state index in [1.807, 2.05) is 42.5 Å². The summed E-state index contributed by atoms with van der Waals surface area (Å²) in [6.45, 7) is 16.0. The topological polar surface area (TPSA) is 150 Å². The van der Waals surface area contributed by atoms with Gasteiger partial charge in [0.25, 0.3) is 0 Å². The van der Waals surface area contributed by atoms with Gasteiger partial charge in [-0.25, -0.2) is 16.8 Å². The van der Waals surface area contributed by atoms with Crippen LogP contribution in [0.3, 0.4) is 0 Å². The van der Waals surface area contributed by atoms with Gasteiger partial charge in [-0.2, -0.15) is 13.2 Å². The molecule has 0 atom stereocenters. The first-order valence-corrected chi connectivity index (χ1v) is 49.6. The summed E-state index contributed by atoms with van der Waals surface area (Å²) in [5, 5.41) is 0. The normalized spacial score (nSPS) is 11.4. The molecule has 0 radical (unpaired) electrons. The van der Waals surface area contributed by atoms with Crippen LogP contribution in [0.5, 0.6) is 0 Å². The number of unbranched alkanes of at least 4 members (excludes halogenated alkanes) is 30. The van der Waals surface area contributed by atoms with Crippen molar-refractivity contribution in [3.63, 3.8) is 0 Å².